The second-order valence-corrected chi connectivity index (χ2v) is 9.94. The lowest BCUT2D eigenvalue weighted by Crippen LogP contribution is -2.40. The van der Waals surface area contributed by atoms with E-state index in [1.165, 1.54) is 12.0 Å². The number of amides is 1. The van der Waals surface area contributed by atoms with Gasteiger partial charge in [0, 0.05) is 25.2 Å². The fourth-order valence-electron chi connectivity index (χ4n) is 5.89. The molecule has 0 saturated carbocycles. The minimum Gasteiger partial charge on any atom is -0.493 e. The largest absolute Gasteiger partial charge is 0.493 e. The summed E-state index contributed by atoms with van der Waals surface area (Å²) >= 11 is 0. The van der Waals surface area contributed by atoms with E-state index in [-0.39, 0.29) is 11.9 Å². The first-order chi connectivity index (χ1) is 18.1. The summed E-state index contributed by atoms with van der Waals surface area (Å²) in [5.74, 6) is 2.40. The number of imidazole rings is 1. The van der Waals surface area contributed by atoms with Crippen LogP contribution in [0.1, 0.15) is 63.9 Å². The van der Waals surface area contributed by atoms with Crippen LogP contribution in [0.4, 0.5) is 0 Å². The van der Waals surface area contributed by atoms with Gasteiger partial charge in [-0.3, -0.25) is 4.79 Å². The number of methoxy groups -OCH3 is 2. The Morgan fingerprint density at radius 1 is 0.919 bits per heavy atom. The fraction of sp³-hybridized carbons (Fsp3) is 0.367. The average molecular weight is 497 g/mol. The maximum absolute atomic E-state index is 14.4. The molecule has 0 N–H and O–H groups in total. The molecule has 0 aliphatic carbocycles. The molecule has 7 nitrogen and oxygen atoms in total. The van der Waals surface area contributed by atoms with Gasteiger partial charge in [0.1, 0.15) is 11.3 Å². The summed E-state index contributed by atoms with van der Waals surface area (Å²) in [6.45, 7) is 3.46. The third-order valence-corrected chi connectivity index (χ3v) is 7.67. The van der Waals surface area contributed by atoms with Crippen LogP contribution in [0.2, 0.25) is 0 Å². The molecule has 2 aliphatic rings. The molecule has 0 saturated heterocycles. The predicted molar refractivity (Wildman–Crippen MR) is 142 cm³/mol. The third kappa shape index (κ3) is 4.02. The maximum Gasteiger partial charge on any atom is 0.257 e. The molecule has 2 aromatic heterocycles. The monoisotopic (exact) mass is 496 g/mol. The summed E-state index contributed by atoms with van der Waals surface area (Å²) < 4.78 is 13.4. The van der Waals surface area contributed by atoms with Gasteiger partial charge >= 0.3 is 0 Å². The number of rotatable bonds is 4. The van der Waals surface area contributed by atoms with E-state index in [4.69, 9.17) is 19.4 Å². The second kappa shape index (κ2) is 9.54. The van der Waals surface area contributed by atoms with Crippen molar-refractivity contribution in [2.24, 2.45) is 0 Å². The Hall–Kier alpha value is -3.87. The van der Waals surface area contributed by atoms with Gasteiger partial charge in [0.25, 0.3) is 5.91 Å². The number of aromatic nitrogens is 3. The lowest BCUT2D eigenvalue weighted by atomic mass is 9.87. The molecular weight excluding hydrogens is 464 g/mol. The van der Waals surface area contributed by atoms with Gasteiger partial charge in [-0.15, -0.1) is 0 Å². The first-order valence-electron chi connectivity index (χ1n) is 13.1. The molecule has 2 aliphatic heterocycles. The van der Waals surface area contributed by atoms with Gasteiger partial charge < -0.3 is 18.9 Å². The van der Waals surface area contributed by atoms with Gasteiger partial charge in [0.05, 0.1) is 25.8 Å². The van der Waals surface area contributed by atoms with Crippen LogP contribution in [-0.4, -0.2) is 46.1 Å². The van der Waals surface area contributed by atoms with Gasteiger partial charge in [0.2, 0.25) is 0 Å². The molecule has 1 atom stereocenters. The Morgan fingerprint density at radius 2 is 1.70 bits per heavy atom. The van der Waals surface area contributed by atoms with Gasteiger partial charge in [-0.05, 0) is 61.1 Å². The Labute approximate surface area is 217 Å². The molecule has 4 aromatic rings. The molecule has 7 heteroatoms. The number of benzene rings is 2. The van der Waals surface area contributed by atoms with E-state index in [0.717, 1.165) is 66.0 Å². The molecule has 190 valence electrons. The van der Waals surface area contributed by atoms with Gasteiger partial charge in [0.15, 0.2) is 17.1 Å². The fourth-order valence-corrected chi connectivity index (χ4v) is 5.89. The molecule has 6 rings (SSSR count). The molecule has 37 heavy (non-hydrogen) atoms. The molecule has 2 aromatic carbocycles. The highest BCUT2D eigenvalue weighted by atomic mass is 16.5. The zero-order valence-corrected chi connectivity index (χ0v) is 21.7. The quantitative estimate of drug-likeness (QED) is 0.385. The van der Waals surface area contributed by atoms with Crippen molar-refractivity contribution in [3.8, 4) is 11.5 Å². The number of nitrogens with zero attached hydrogens (tertiary/aromatic N) is 4. The van der Waals surface area contributed by atoms with E-state index in [1.54, 1.807) is 14.2 Å². The van der Waals surface area contributed by atoms with Crippen molar-refractivity contribution < 1.29 is 14.3 Å². The SMILES string of the molecule is COc1cc2c(cc1OC)C(c1ccccc1)N(C(=O)c1cc(C)nc3c1nc1n3CCCCC1)CC2. The smallest absolute Gasteiger partial charge is 0.257 e. The molecule has 0 bridgehead atoms. The molecule has 1 unspecified atom stereocenters. The summed E-state index contributed by atoms with van der Waals surface area (Å²) in [5.41, 5.74) is 6.31. The first kappa shape index (κ1) is 23.5. The standard InChI is InChI=1S/C30H32N4O3/c1-19-16-23(27-29(31-19)33-14-9-5-8-12-26(33)32-27)30(35)34-15-13-21-17-24(36-2)25(37-3)18-22(21)28(34)20-10-6-4-7-11-20/h4,6-7,10-11,16-18,28H,5,8-9,12-15H2,1-3H3. The van der Waals surface area contributed by atoms with Crippen molar-refractivity contribution in [3.05, 3.63) is 82.3 Å². The molecule has 4 heterocycles. The highest BCUT2D eigenvalue weighted by Crippen LogP contribution is 2.42. The van der Waals surface area contributed by atoms with Crippen LogP contribution in [0.25, 0.3) is 11.2 Å². The molecule has 0 fully saturated rings. The highest BCUT2D eigenvalue weighted by Gasteiger charge is 2.35. The number of carbonyl (C=O) groups excluding carboxylic acids is 1. The number of carbonyl (C=O) groups is 1. The summed E-state index contributed by atoms with van der Waals surface area (Å²) in [4.78, 5) is 26.2. The Morgan fingerprint density at radius 3 is 2.49 bits per heavy atom. The lowest BCUT2D eigenvalue weighted by molar-refractivity contribution is 0.0696. The number of fused-ring (bicyclic) bond motifs is 4. The Bertz CT molecular complexity index is 1480. The van der Waals surface area contributed by atoms with Crippen molar-refractivity contribution >= 4 is 17.1 Å². The zero-order valence-electron chi connectivity index (χ0n) is 21.7. The zero-order chi connectivity index (χ0) is 25.5. The molecule has 0 radical (unpaired) electrons. The van der Waals surface area contributed by atoms with E-state index in [1.807, 2.05) is 48.2 Å². The highest BCUT2D eigenvalue weighted by molar-refractivity contribution is 6.05. The van der Waals surface area contributed by atoms with Crippen molar-refractivity contribution in [3.63, 3.8) is 0 Å². The number of pyridine rings is 1. The summed E-state index contributed by atoms with van der Waals surface area (Å²) in [5, 5.41) is 0. The van der Waals surface area contributed by atoms with Crippen LogP contribution < -0.4 is 9.47 Å². The van der Waals surface area contributed by atoms with Crippen LogP contribution in [0.15, 0.2) is 48.5 Å². The maximum atomic E-state index is 14.4. The van der Waals surface area contributed by atoms with Gasteiger partial charge in [-0.25, -0.2) is 9.97 Å². The van der Waals surface area contributed by atoms with Crippen LogP contribution in [0, 0.1) is 6.92 Å². The third-order valence-electron chi connectivity index (χ3n) is 7.67. The summed E-state index contributed by atoms with van der Waals surface area (Å²) in [6.07, 6.45) is 5.09. The molecular formula is C30H32N4O3. The first-order valence-corrected chi connectivity index (χ1v) is 13.1. The van der Waals surface area contributed by atoms with E-state index in [9.17, 15) is 4.79 Å². The Kier molecular flexibility index (Phi) is 6.07. The summed E-state index contributed by atoms with van der Waals surface area (Å²) in [7, 11) is 3.30. The van der Waals surface area contributed by atoms with E-state index in [0.29, 0.717) is 23.6 Å². The van der Waals surface area contributed by atoms with Crippen molar-refractivity contribution in [1.82, 2.24) is 19.4 Å². The van der Waals surface area contributed by atoms with Crippen LogP contribution in [0.3, 0.4) is 0 Å². The van der Waals surface area contributed by atoms with Crippen LogP contribution in [0.5, 0.6) is 11.5 Å². The lowest BCUT2D eigenvalue weighted by Gasteiger charge is -2.38. The van der Waals surface area contributed by atoms with Crippen molar-refractivity contribution in [1.29, 1.82) is 0 Å². The second-order valence-electron chi connectivity index (χ2n) is 9.94. The Balaban J connectivity index is 1.50. The van der Waals surface area contributed by atoms with Crippen molar-refractivity contribution in [2.45, 2.75) is 51.6 Å². The van der Waals surface area contributed by atoms with E-state index >= 15 is 0 Å². The minimum absolute atomic E-state index is 0.0157. The predicted octanol–water partition coefficient (Wildman–Crippen LogP) is 5.27. The number of hydrogen-bond acceptors (Lipinski definition) is 5. The number of aryl methyl sites for hydroxylation is 3. The van der Waals surface area contributed by atoms with Crippen LogP contribution >= 0.6 is 0 Å². The van der Waals surface area contributed by atoms with Crippen LogP contribution in [-0.2, 0) is 19.4 Å². The van der Waals surface area contributed by atoms with E-state index in [2.05, 4.69) is 16.7 Å². The van der Waals surface area contributed by atoms with Gasteiger partial charge in [-0.1, -0.05) is 36.8 Å². The summed E-state index contributed by atoms with van der Waals surface area (Å²) in [6, 6.07) is 16.0. The normalized spacial score (nSPS) is 17.2. The molecule has 1 amide bonds. The number of hydrogen-bond donors (Lipinski definition) is 0. The van der Waals surface area contributed by atoms with Crippen molar-refractivity contribution in [2.75, 3.05) is 20.8 Å². The average Bonchev–Trinajstić information content (AvgIpc) is 3.11. The topological polar surface area (TPSA) is 69.5 Å². The van der Waals surface area contributed by atoms with Gasteiger partial charge in [-0.2, -0.15) is 0 Å². The number of ether oxygens (including phenoxy) is 2. The minimum atomic E-state index is -0.249. The van der Waals surface area contributed by atoms with E-state index < -0.39 is 0 Å². The molecule has 0 spiro atoms.